The van der Waals surface area contributed by atoms with E-state index < -0.39 is 11.0 Å². The molecule has 1 aromatic carbocycles. The molecule has 5 heteroatoms. The van der Waals surface area contributed by atoms with Gasteiger partial charge in [0, 0.05) is 24.2 Å². The molecule has 3 N–H and O–H groups in total. The Balaban J connectivity index is 2.95. The Morgan fingerprint density at radius 3 is 2.71 bits per heavy atom. The lowest BCUT2D eigenvalue weighted by Gasteiger charge is -2.06. The van der Waals surface area contributed by atoms with Gasteiger partial charge in [-0.15, -0.1) is 0 Å². The van der Waals surface area contributed by atoms with Crippen LogP contribution in [0.15, 0.2) is 18.2 Å². The standard InChI is InChI=1S/C9H12N2O3/c1-6(12)4-7-2-3-8(11(13)14)5-9(7)10/h2-3,5-6,12H,4,10H2,1H3. The Bertz CT molecular complexity index is 350. The molecule has 0 aliphatic carbocycles. The summed E-state index contributed by atoms with van der Waals surface area (Å²) in [4.78, 5) is 9.89. The Kier molecular flexibility index (Phi) is 3.03. The molecule has 1 atom stereocenters. The van der Waals surface area contributed by atoms with Crippen LogP contribution in [-0.2, 0) is 6.42 Å². The minimum Gasteiger partial charge on any atom is -0.398 e. The van der Waals surface area contributed by atoms with Gasteiger partial charge in [-0.1, -0.05) is 6.07 Å². The van der Waals surface area contributed by atoms with E-state index in [9.17, 15) is 10.1 Å². The summed E-state index contributed by atoms with van der Waals surface area (Å²) in [6.07, 6.45) is -0.0946. The molecule has 0 saturated carbocycles. The molecule has 0 radical (unpaired) electrons. The molecule has 1 aromatic rings. The Labute approximate surface area is 81.3 Å². The van der Waals surface area contributed by atoms with Crippen molar-refractivity contribution in [1.29, 1.82) is 0 Å². The third-order valence-corrected chi connectivity index (χ3v) is 1.86. The van der Waals surface area contributed by atoms with Crippen molar-refractivity contribution in [1.82, 2.24) is 0 Å². The number of aliphatic hydroxyl groups is 1. The zero-order valence-corrected chi connectivity index (χ0v) is 7.80. The molecule has 76 valence electrons. The summed E-state index contributed by atoms with van der Waals surface area (Å²) in [5, 5.41) is 19.5. The summed E-state index contributed by atoms with van der Waals surface area (Å²) in [5.41, 5.74) is 6.64. The summed E-state index contributed by atoms with van der Waals surface area (Å²) >= 11 is 0. The first-order valence-corrected chi connectivity index (χ1v) is 4.21. The van der Waals surface area contributed by atoms with Crippen molar-refractivity contribution in [3.63, 3.8) is 0 Å². The van der Waals surface area contributed by atoms with Gasteiger partial charge in [-0.25, -0.2) is 0 Å². The van der Waals surface area contributed by atoms with Crippen molar-refractivity contribution >= 4 is 11.4 Å². The van der Waals surface area contributed by atoms with Crippen molar-refractivity contribution in [2.45, 2.75) is 19.4 Å². The molecule has 14 heavy (non-hydrogen) atoms. The summed E-state index contributed by atoms with van der Waals surface area (Å²) in [5.74, 6) is 0. The average molecular weight is 196 g/mol. The van der Waals surface area contributed by atoms with Gasteiger partial charge in [-0.05, 0) is 12.5 Å². The first-order chi connectivity index (χ1) is 6.50. The Hall–Kier alpha value is -1.62. The first kappa shape index (κ1) is 10.5. The molecule has 0 amide bonds. The fourth-order valence-corrected chi connectivity index (χ4v) is 1.20. The number of nitro groups is 1. The lowest BCUT2D eigenvalue weighted by Crippen LogP contribution is -2.06. The monoisotopic (exact) mass is 196 g/mol. The molecule has 0 fully saturated rings. The van der Waals surface area contributed by atoms with Crippen LogP contribution in [0.5, 0.6) is 0 Å². The van der Waals surface area contributed by atoms with Gasteiger partial charge in [0.1, 0.15) is 0 Å². The lowest BCUT2D eigenvalue weighted by molar-refractivity contribution is -0.384. The highest BCUT2D eigenvalue weighted by Crippen LogP contribution is 2.20. The maximum Gasteiger partial charge on any atom is 0.271 e. The van der Waals surface area contributed by atoms with Gasteiger partial charge >= 0.3 is 0 Å². The van der Waals surface area contributed by atoms with Gasteiger partial charge in [0.2, 0.25) is 0 Å². The fraction of sp³-hybridized carbons (Fsp3) is 0.333. The van der Waals surface area contributed by atoms with Gasteiger partial charge in [0.05, 0.1) is 11.0 Å². The average Bonchev–Trinajstić information content (AvgIpc) is 2.07. The van der Waals surface area contributed by atoms with E-state index in [1.807, 2.05) is 0 Å². The third kappa shape index (κ3) is 2.43. The molecule has 0 bridgehead atoms. The number of hydrogen-bond donors (Lipinski definition) is 2. The van der Waals surface area contributed by atoms with Crippen molar-refractivity contribution in [3.05, 3.63) is 33.9 Å². The summed E-state index contributed by atoms with van der Waals surface area (Å²) < 4.78 is 0. The number of hydrogen-bond acceptors (Lipinski definition) is 4. The number of benzene rings is 1. The fourth-order valence-electron chi connectivity index (χ4n) is 1.20. The number of non-ortho nitro benzene ring substituents is 1. The highest BCUT2D eigenvalue weighted by Gasteiger charge is 2.09. The number of nitrogen functional groups attached to an aromatic ring is 1. The van der Waals surface area contributed by atoms with Crippen LogP contribution in [0.4, 0.5) is 11.4 Å². The first-order valence-electron chi connectivity index (χ1n) is 4.21. The van der Waals surface area contributed by atoms with E-state index >= 15 is 0 Å². The molecule has 0 heterocycles. The van der Waals surface area contributed by atoms with Gasteiger partial charge in [-0.2, -0.15) is 0 Å². The van der Waals surface area contributed by atoms with Gasteiger partial charge in [-0.3, -0.25) is 10.1 Å². The van der Waals surface area contributed by atoms with E-state index in [1.54, 1.807) is 13.0 Å². The third-order valence-electron chi connectivity index (χ3n) is 1.86. The lowest BCUT2D eigenvalue weighted by atomic mass is 10.1. The van der Waals surface area contributed by atoms with Crippen LogP contribution in [0.2, 0.25) is 0 Å². The van der Waals surface area contributed by atoms with E-state index in [4.69, 9.17) is 10.8 Å². The van der Waals surface area contributed by atoms with E-state index in [1.165, 1.54) is 12.1 Å². The van der Waals surface area contributed by atoms with E-state index in [-0.39, 0.29) is 5.69 Å². The quantitative estimate of drug-likeness (QED) is 0.430. The second kappa shape index (κ2) is 4.06. The molecule has 0 saturated heterocycles. The van der Waals surface area contributed by atoms with Gasteiger partial charge in [0.25, 0.3) is 5.69 Å². The van der Waals surface area contributed by atoms with Crippen LogP contribution in [0.25, 0.3) is 0 Å². The van der Waals surface area contributed by atoms with Crippen molar-refractivity contribution in [2.24, 2.45) is 0 Å². The highest BCUT2D eigenvalue weighted by molar-refractivity contribution is 5.54. The van der Waals surface area contributed by atoms with Crippen LogP contribution >= 0.6 is 0 Å². The summed E-state index contributed by atoms with van der Waals surface area (Å²) in [6, 6.07) is 4.26. The van der Waals surface area contributed by atoms with Crippen LogP contribution in [0.1, 0.15) is 12.5 Å². The topological polar surface area (TPSA) is 89.4 Å². The molecule has 5 nitrogen and oxygen atoms in total. The molecular formula is C9H12N2O3. The van der Waals surface area contributed by atoms with Crippen molar-refractivity contribution in [2.75, 3.05) is 5.73 Å². The maximum absolute atomic E-state index is 10.4. The largest absolute Gasteiger partial charge is 0.398 e. The van der Waals surface area contributed by atoms with Crippen molar-refractivity contribution in [3.8, 4) is 0 Å². The Morgan fingerprint density at radius 2 is 2.29 bits per heavy atom. The van der Waals surface area contributed by atoms with Crippen LogP contribution in [-0.4, -0.2) is 16.1 Å². The normalized spacial score (nSPS) is 12.4. The minimum atomic E-state index is -0.501. The number of nitrogens with zero attached hydrogens (tertiary/aromatic N) is 1. The Morgan fingerprint density at radius 1 is 1.64 bits per heavy atom. The molecule has 0 aromatic heterocycles. The molecule has 0 aliphatic heterocycles. The highest BCUT2D eigenvalue weighted by atomic mass is 16.6. The molecule has 0 aliphatic rings. The van der Waals surface area contributed by atoms with E-state index in [0.29, 0.717) is 12.1 Å². The van der Waals surface area contributed by atoms with Crippen molar-refractivity contribution < 1.29 is 10.0 Å². The molecule has 1 rings (SSSR count). The zero-order chi connectivity index (χ0) is 10.7. The van der Waals surface area contributed by atoms with E-state index in [0.717, 1.165) is 5.56 Å². The number of anilines is 1. The maximum atomic E-state index is 10.4. The number of rotatable bonds is 3. The molecule has 0 spiro atoms. The predicted octanol–water partition coefficient (Wildman–Crippen LogP) is 1.10. The number of nitro benzene ring substituents is 1. The van der Waals surface area contributed by atoms with Crippen LogP contribution in [0.3, 0.4) is 0 Å². The summed E-state index contributed by atoms with van der Waals surface area (Å²) in [7, 11) is 0. The minimum absolute atomic E-state index is 0.0307. The zero-order valence-electron chi connectivity index (χ0n) is 7.80. The number of aliphatic hydroxyl groups excluding tert-OH is 1. The second-order valence-corrected chi connectivity index (χ2v) is 3.19. The SMILES string of the molecule is CC(O)Cc1ccc([N+](=O)[O-])cc1N. The van der Waals surface area contributed by atoms with E-state index in [2.05, 4.69) is 0 Å². The second-order valence-electron chi connectivity index (χ2n) is 3.19. The van der Waals surface area contributed by atoms with Gasteiger partial charge < -0.3 is 10.8 Å². The van der Waals surface area contributed by atoms with Crippen LogP contribution < -0.4 is 5.73 Å². The number of nitrogens with two attached hydrogens (primary N) is 1. The van der Waals surface area contributed by atoms with Gasteiger partial charge in [0.15, 0.2) is 0 Å². The molecular weight excluding hydrogens is 184 g/mol. The predicted molar refractivity (Wildman–Crippen MR) is 52.9 cm³/mol. The summed E-state index contributed by atoms with van der Waals surface area (Å²) in [6.45, 7) is 1.64. The smallest absolute Gasteiger partial charge is 0.271 e. The molecule has 1 unspecified atom stereocenters. The van der Waals surface area contributed by atoms with Crippen LogP contribution in [0, 0.1) is 10.1 Å².